The lowest BCUT2D eigenvalue weighted by atomic mass is 9.97. The van der Waals surface area contributed by atoms with Crippen LogP contribution in [0.1, 0.15) is 24.5 Å². The fraction of sp³-hybridized carbons (Fsp3) is 0.304. The van der Waals surface area contributed by atoms with Crippen LogP contribution < -0.4 is 15.0 Å². The first-order valence-corrected chi connectivity index (χ1v) is 9.69. The molecule has 144 valence electrons. The number of hydrogen-bond acceptors (Lipinski definition) is 4. The molecule has 0 saturated carbocycles. The summed E-state index contributed by atoms with van der Waals surface area (Å²) >= 11 is 0. The zero-order valence-corrected chi connectivity index (χ0v) is 16.2. The minimum atomic E-state index is -0.290. The molecule has 1 atom stereocenters. The van der Waals surface area contributed by atoms with Crippen LogP contribution in [-0.4, -0.2) is 22.3 Å². The fourth-order valence-electron chi connectivity index (χ4n) is 3.56. The van der Waals surface area contributed by atoms with Crippen molar-refractivity contribution in [2.75, 3.05) is 6.61 Å². The zero-order valence-electron chi connectivity index (χ0n) is 16.2. The highest BCUT2D eigenvalue weighted by atomic mass is 16.6. The van der Waals surface area contributed by atoms with E-state index in [1.54, 1.807) is 6.20 Å². The van der Waals surface area contributed by atoms with Gasteiger partial charge in [0.05, 0.1) is 6.54 Å². The lowest BCUT2D eigenvalue weighted by Gasteiger charge is -2.13. The van der Waals surface area contributed by atoms with E-state index in [9.17, 15) is 4.79 Å². The topological polar surface area (TPSA) is 53.4 Å². The lowest BCUT2D eigenvalue weighted by Crippen LogP contribution is -2.23. The van der Waals surface area contributed by atoms with Crippen LogP contribution in [-0.2, 0) is 13.0 Å². The van der Waals surface area contributed by atoms with Gasteiger partial charge in [0.1, 0.15) is 12.4 Å². The highest BCUT2D eigenvalue weighted by Gasteiger charge is 2.23. The summed E-state index contributed by atoms with van der Waals surface area (Å²) in [5.41, 5.74) is 4.71. The molecule has 0 N–H and O–H groups in total. The molecule has 0 saturated heterocycles. The molecular weight excluding hydrogens is 352 g/mol. The average molecular weight is 376 g/mol. The van der Waals surface area contributed by atoms with Gasteiger partial charge in [-0.2, -0.15) is 4.98 Å². The predicted molar refractivity (Wildman–Crippen MR) is 109 cm³/mol. The molecule has 5 heteroatoms. The Bertz CT molecular complexity index is 1040. The highest BCUT2D eigenvalue weighted by molar-refractivity contribution is 5.68. The van der Waals surface area contributed by atoms with E-state index in [0.717, 1.165) is 18.6 Å². The first-order valence-electron chi connectivity index (χ1n) is 9.69. The second-order valence-electron chi connectivity index (χ2n) is 7.18. The molecule has 28 heavy (non-hydrogen) atoms. The summed E-state index contributed by atoms with van der Waals surface area (Å²) in [7, 11) is 0. The molecule has 0 spiro atoms. The van der Waals surface area contributed by atoms with E-state index in [1.165, 1.54) is 28.3 Å². The number of fused-ring (bicyclic) bond motifs is 1. The van der Waals surface area contributed by atoms with Crippen molar-refractivity contribution in [3.05, 3.63) is 76.2 Å². The number of aromatic nitrogens is 2. The Kier molecular flexibility index (Phi) is 5.15. The van der Waals surface area contributed by atoms with Gasteiger partial charge in [-0.1, -0.05) is 43.7 Å². The molecule has 1 aliphatic rings. The van der Waals surface area contributed by atoms with Gasteiger partial charge < -0.3 is 9.47 Å². The van der Waals surface area contributed by atoms with Crippen LogP contribution in [0.4, 0.5) is 0 Å². The summed E-state index contributed by atoms with van der Waals surface area (Å²) in [5.74, 6) is 0.813. The fourth-order valence-corrected chi connectivity index (χ4v) is 3.56. The van der Waals surface area contributed by atoms with Crippen LogP contribution >= 0.6 is 0 Å². The SMILES string of the molecule is CCCc1cccc(-c2ccc(OCC3Cn4ccc(=O)nc4O3)cc2C)c1. The minimum absolute atomic E-state index is 0.153. The van der Waals surface area contributed by atoms with Crippen molar-refractivity contribution in [1.29, 1.82) is 0 Å². The van der Waals surface area contributed by atoms with Gasteiger partial charge in [-0.3, -0.25) is 9.36 Å². The van der Waals surface area contributed by atoms with Gasteiger partial charge in [0.15, 0.2) is 6.10 Å². The van der Waals surface area contributed by atoms with E-state index in [-0.39, 0.29) is 11.7 Å². The van der Waals surface area contributed by atoms with E-state index in [0.29, 0.717) is 19.2 Å². The molecule has 0 aliphatic carbocycles. The van der Waals surface area contributed by atoms with Crippen LogP contribution in [0.3, 0.4) is 0 Å². The predicted octanol–water partition coefficient (Wildman–Crippen LogP) is 4.01. The summed E-state index contributed by atoms with van der Waals surface area (Å²) in [6.45, 7) is 5.34. The molecule has 3 aromatic rings. The van der Waals surface area contributed by atoms with E-state index >= 15 is 0 Å². The molecule has 1 aliphatic heterocycles. The molecule has 0 amide bonds. The summed E-state index contributed by atoms with van der Waals surface area (Å²) in [5, 5.41) is 0. The molecule has 1 unspecified atom stereocenters. The maximum atomic E-state index is 11.3. The summed E-state index contributed by atoms with van der Waals surface area (Å²) in [4.78, 5) is 15.2. The molecule has 0 bridgehead atoms. The summed E-state index contributed by atoms with van der Waals surface area (Å²) in [6.07, 6.45) is 3.79. The number of rotatable bonds is 6. The standard InChI is InChI=1S/C23H24N2O3/c1-3-5-17-6-4-7-18(13-17)21-9-8-19(12-16(21)2)27-15-20-14-25-11-10-22(26)24-23(25)28-20/h4,6-13,20H,3,5,14-15H2,1-2H3. The molecular formula is C23H24N2O3. The zero-order chi connectivity index (χ0) is 19.5. The minimum Gasteiger partial charge on any atom is -0.490 e. The molecule has 2 heterocycles. The molecule has 1 aromatic heterocycles. The number of nitrogens with zero attached hydrogens (tertiary/aromatic N) is 2. The van der Waals surface area contributed by atoms with Gasteiger partial charge in [0, 0.05) is 12.3 Å². The van der Waals surface area contributed by atoms with Gasteiger partial charge >= 0.3 is 0 Å². The van der Waals surface area contributed by atoms with Crippen molar-refractivity contribution in [2.24, 2.45) is 0 Å². The highest BCUT2D eigenvalue weighted by Crippen LogP contribution is 2.28. The maximum Gasteiger partial charge on any atom is 0.300 e. The monoisotopic (exact) mass is 376 g/mol. The van der Waals surface area contributed by atoms with Crippen molar-refractivity contribution >= 4 is 0 Å². The Labute approximate surface area is 164 Å². The van der Waals surface area contributed by atoms with E-state index < -0.39 is 0 Å². The van der Waals surface area contributed by atoms with Crippen LogP contribution in [0.25, 0.3) is 11.1 Å². The Morgan fingerprint density at radius 1 is 1.21 bits per heavy atom. The van der Waals surface area contributed by atoms with Crippen molar-refractivity contribution < 1.29 is 9.47 Å². The second kappa shape index (κ2) is 7.89. The van der Waals surface area contributed by atoms with Gasteiger partial charge in [-0.15, -0.1) is 0 Å². The number of hydrogen-bond donors (Lipinski definition) is 0. The first-order chi connectivity index (χ1) is 13.6. The van der Waals surface area contributed by atoms with Crippen LogP contribution in [0.15, 0.2) is 59.5 Å². The largest absolute Gasteiger partial charge is 0.490 e. The molecule has 0 fully saturated rings. The summed E-state index contributed by atoms with van der Waals surface area (Å²) < 4.78 is 13.5. The summed E-state index contributed by atoms with van der Waals surface area (Å²) in [6, 6.07) is 16.7. The average Bonchev–Trinajstić information content (AvgIpc) is 3.09. The third-order valence-corrected chi connectivity index (χ3v) is 4.93. The molecule has 4 rings (SSSR count). The Morgan fingerprint density at radius 2 is 2.11 bits per heavy atom. The number of ether oxygens (including phenoxy) is 2. The molecule has 2 aromatic carbocycles. The Morgan fingerprint density at radius 3 is 2.93 bits per heavy atom. The van der Waals surface area contributed by atoms with Gasteiger partial charge in [0.25, 0.3) is 11.6 Å². The van der Waals surface area contributed by atoms with Gasteiger partial charge in [0.2, 0.25) is 0 Å². The van der Waals surface area contributed by atoms with Crippen molar-refractivity contribution in [2.45, 2.75) is 39.3 Å². The van der Waals surface area contributed by atoms with Crippen molar-refractivity contribution in [3.63, 3.8) is 0 Å². The molecule has 5 nitrogen and oxygen atoms in total. The third-order valence-electron chi connectivity index (χ3n) is 4.93. The van der Waals surface area contributed by atoms with Gasteiger partial charge in [-0.05, 0) is 47.7 Å². The first kappa shape index (κ1) is 18.3. The van der Waals surface area contributed by atoms with E-state index in [4.69, 9.17) is 9.47 Å². The Balaban J connectivity index is 1.43. The van der Waals surface area contributed by atoms with Crippen LogP contribution in [0.2, 0.25) is 0 Å². The van der Waals surface area contributed by atoms with E-state index in [1.807, 2.05) is 10.6 Å². The van der Waals surface area contributed by atoms with Crippen LogP contribution in [0.5, 0.6) is 11.8 Å². The van der Waals surface area contributed by atoms with Crippen molar-refractivity contribution in [3.8, 4) is 22.9 Å². The normalized spacial score (nSPS) is 15.1. The smallest absolute Gasteiger partial charge is 0.300 e. The second-order valence-corrected chi connectivity index (χ2v) is 7.18. The van der Waals surface area contributed by atoms with Gasteiger partial charge in [-0.25, -0.2) is 0 Å². The number of aryl methyl sites for hydroxylation is 2. The third kappa shape index (κ3) is 3.93. The number of benzene rings is 2. The molecule has 0 radical (unpaired) electrons. The Hall–Kier alpha value is -3.08. The van der Waals surface area contributed by atoms with E-state index in [2.05, 4.69) is 55.2 Å². The quantitative estimate of drug-likeness (QED) is 0.652. The lowest BCUT2D eigenvalue weighted by molar-refractivity contribution is 0.143. The van der Waals surface area contributed by atoms with Crippen molar-refractivity contribution in [1.82, 2.24) is 9.55 Å². The maximum absolute atomic E-state index is 11.3. The van der Waals surface area contributed by atoms with Crippen LogP contribution in [0, 0.1) is 6.92 Å².